The molecule has 1 aliphatic rings. The summed E-state index contributed by atoms with van der Waals surface area (Å²) in [6.07, 6.45) is 0.485. The van der Waals surface area contributed by atoms with E-state index in [1.54, 1.807) is 19.1 Å². The van der Waals surface area contributed by atoms with Crippen LogP contribution in [0.15, 0.2) is 29.2 Å². The Hall–Kier alpha value is -1.40. The fourth-order valence-electron chi connectivity index (χ4n) is 2.55. The summed E-state index contributed by atoms with van der Waals surface area (Å²) < 4.78 is 24.2. The number of nitrogens with one attached hydrogen (secondary N) is 2. The minimum atomic E-state index is -3.19. The Bertz CT molecular complexity index is 626. The van der Waals surface area contributed by atoms with Gasteiger partial charge in [-0.05, 0) is 38.8 Å². The maximum absolute atomic E-state index is 12.1. The lowest BCUT2D eigenvalue weighted by atomic mass is 10.0. The Kier molecular flexibility index (Phi) is 4.68. The van der Waals surface area contributed by atoms with Gasteiger partial charge in [-0.1, -0.05) is 18.2 Å². The van der Waals surface area contributed by atoms with E-state index in [0.29, 0.717) is 11.3 Å². The summed E-state index contributed by atoms with van der Waals surface area (Å²) >= 11 is 0. The molecule has 0 spiro atoms. The van der Waals surface area contributed by atoms with Gasteiger partial charge in [0.25, 0.3) is 0 Å². The second-order valence-corrected chi connectivity index (χ2v) is 7.83. The van der Waals surface area contributed by atoms with Gasteiger partial charge in [-0.3, -0.25) is 10.1 Å². The first-order chi connectivity index (χ1) is 9.81. The number of carbonyl (C=O) groups is 1. The maximum atomic E-state index is 12.1. The normalized spacial score (nSPS) is 21.6. The van der Waals surface area contributed by atoms with Gasteiger partial charge in [-0.2, -0.15) is 0 Å². The van der Waals surface area contributed by atoms with Gasteiger partial charge in [0.2, 0.25) is 5.91 Å². The molecule has 2 N–H and O–H groups in total. The molecule has 1 heterocycles. The summed E-state index contributed by atoms with van der Waals surface area (Å²) in [7, 11) is -3.19. The lowest BCUT2D eigenvalue weighted by Gasteiger charge is -2.29. The van der Waals surface area contributed by atoms with E-state index in [-0.39, 0.29) is 29.8 Å². The van der Waals surface area contributed by atoms with Crippen LogP contribution in [0, 0.1) is 0 Å². The number of benzene rings is 1. The average Bonchev–Trinajstić information content (AvgIpc) is 2.41. The van der Waals surface area contributed by atoms with Crippen molar-refractivity contribution in [2.75, 3.05) is 5.75 Å². The van der Waals surface area contributed by atoms with Crippen LogP contribution in [0.25, 0.3) is 0 Å². The molecule has 1 amide bonds. The van der Waals surface area contributed by atoms with Crippen LogP contribution in [0.3, 0.4) is 0 Å². The minimum absolute atomic E-state index is 0.0732. The number of sulfone groups is 1. The molecule has 1 aromatic carbocycles. The molecule has 2 atom stereocenters. The van der Waals surface area contributed by atoms with Crippen LogP contribution >= 0.6 is 0 Å². The third-order valence-corrected chi connectivity index (χ3v) is 5.40. The Labute approximate surface area is 126 Å². The van der Waals surface area contributed by atoms with E-state index >= 15 is 0 Å². The average molecular weight is 310 g/mol. The van der Waals surface area contributed by atoms with Crippen LogP contribution < -0.4 is 10.6 Å². The molecular formula is C15H22N2O3S. The fourth-order valence-corrected chi connectivity index (χ4v) is 4.17. The van der Waals surface area contributed by atoms with Crippen LogP contribution in [0.5, 0.6) is 0 Å². The number of amides is 1. The predicted octanol–water partition coefficient (Wildman–Crippen LogP) is 1.41. The fraction of sp³-hybridized carbons (Fsp3) is 0.533. The summed E-state index contributed by atoms with van der Waals surface area (Å²) in [5.74, 6) is 0.0381. The van der Waals surface area contributed by atoms with Crippen LogP contribution in [-0.2, 0) is 14.6 Å². The standard InChI is InChI=1S/C15H22N2O3S/c1-10(2)16-15(18)11(3)17-13-8-9-21(19,20)14-7-5-4-6-12(13)14/h4-7,10-11,13,17H,8-9H2,1-3H3,(H,16,18). The van der Waals surface area contributed by atoms with Crippen molar-refractivity contribution in [3.8, 4) is 0 Å². The number of carbonyl (C=O) groups excluding carboxylic acids is 1. The van der Waals surface area contributed by atoms with Crippen molar-refractivity contribution >= 4 is 15.7 Å². The highest BCUT2D eigenvalue weighted by molar-refractivity contribution is 7.91. The molecular weight excluding hydrogens is 288 g/mol. The van der Waals surface area contributed by atoms with Gasteiger partial charge in [0.1, 0.15) is 0 Å². The smallest absolute Gasteiger partial charge is 0.237 e. The van der Waals surface area contributed by atoms with Gasteiger partial charge in [-0.15, -0.1) is 0 Å². The lowest BCUT2D eigenvalue weighted by Crippen LogP contribution is -2.46. The summed E-state index contributed by atoms with van der Waals surface area (Å²) in [5, 5.41) is 6.09. The van der Waals surface area contributed by atoms with Gasteiger partial charge in [-0.25, -0.2) is 8.42 Å². The molecule has 0 fully saturated rings. The SMILES string of the molecule is CC(C)NC(=O)C(C)NC1CCS(=O)(=O)c2ccccc21. The highest BCUT2D eigenvalue weighted by atomic mass is 32.2. The molecule has 0 aromatic heterocycles. The number of hydrogen-bond acceptors (Lipinski definition) is 4. The van der Waals surface area contributed by atoms with E-state index in [4.69, 9.17) is 0 Å². The quantitative estimate of drug-likeness (QED) is 0.881. The predicted molar refractivity (Wildman–Crippen MR) is 81.7 cm³/mol. The van der Waals surface area contributed by atoms with Gasteiger partial charge < -0.3 is 5.32 Å². The second-order valence-electron chi connectivity index (χ2n) is 5.75. The van der Waals surface area contributed by atoms with E-state index in [9.17, 15) is 13.2 Å². The first kappa shape index (κ1) is 16.0. The molecule has 21 heavy (non-hydrogen) atoms. The van der Waals surface area contributed by atoms with E-state index < -0.39 is 9.84 Å². The van der Waals surface area contributed by atoms with Crippen molar-refractivity contribution in [3.05, 3.63) is 29.8 Å². The molecule has 2 unspecified atom stereocenters. The maximum Gasteiger partial charge on any atom is 0.237 e. The van der Waals surface area contributed by atoms with Gasteiger partial charge in [0, 0.05) is 12.1 Å². The highest BCUT2D eigenvalue weighted by Gasteiger charge is 2.31. The highest BCUT2D eigenvalue weighted by Crippen LogP contribution is 2.32. The molecule has 1 aliphatic heterocycles. The van der Waals surface area contributed by atoms with Crippen molar-refractivity contribution in [3.63, 3.8) is 0 Å². The third kappa shape index (κ3) is 3.63. The van der Waals surface area contributed by atoms with E-state index in [1.165, 1.54) is 0 Å². The first-order valence-corrected chi connectivity index (χ1v) is 8.84. The lowest BCUT2D eigenvalue weighted by molar-refractivity contribution is -0.123. The molecule has 0 bridgehead atoms. The van der Waals surface area contributed by atoms with E-state index in [1.807, 2.05) is 26.0 Å². The monoisotopic (exact) mass is 310 g/mol. The number of hydrogen-bond donors (Lipinski definition) is 2. The summed E-state index contributed by atoms with van der Waals surface area (Å²) in [6.45, 7) is 5.61. The van der Waals surface area contributed by atoms with Crippen molar-refractivity contribution in [1.29, 1.82) is 0 Å². The Morgan fingerprint density at radius 3 is 2.57 bits per heavy atom. The molecule has 1 aromatic rings. The van der Waals surface area contributed by atoms with Crippen molar-refractivity contribution < 1.29 is 13.2 Å². The molecule has 116 valence electrons. The summed E-state index contributed by atoms with van der Waals surface area (Å²) in [5.41, 5.74) is 0.757. The van der Waals surface area contributed by atoms with Gasteiger partial charge >= 0.3 is 0 Å². The van der Waals surface area contributed by atoms with Crippen LogP contribution in [0.4, 0.5) is 0 Å². The van der Waals surface area contributed by atoms with Crippen molar-refractivity contribution in [1.82, 2.24) is 10.6 Å². The van der Waals surface area contributed by atoms with Crippen molar-refractivity contribution in [2.45, 2.75) is 50.2 Å². The van der Waals surface area contributed by atoms with Gasteiger partial charge in [0.15, 0.2) is 9.84 Å². The number of rotatable bonds is 4. The van der Waals surface area contributed by atoms with Crippen molar-refractivity contribution in [2.24, 2.45) is 0 Å². The topological polar surface area (TPSA) is 75.3 Å². The zero-order chi connectivity index (χ0) is 15.6. The molecule has 2 rings (SSSR count). The Balaban J connectivity index is 2.17. The third-order valence-electron chi connectivity index (χ3n) is 3.58. The first-order valence-electron chi connectivity index (χ1n) is 7.19. The molecule has 0 aliphatic carbocycles. The van der Waals surface area contributed by atoms with Crippen LogP contribution in [0.1, 0.15) is 38.8 Å². The molecule has 0 radical (unpaired) electrons. The van der Waals surface area contributed by atoms with E-state index in [2.05, 4.69) is 10.6 Å². The number of fused-ring (bicyclic) bond motifs is 1. The molecule has 0 saturated heterocycles. The summed E-state index contributed by atoms with van der Waals surface area (Å²) in [6, 6.07) is 6.61. The van der Waals surface area contributed by atoms with Gasteiger partial charge in [0.05, 0.1) is 16.7 Å². The zero-order valence-electron chi connectivity index (χ0n) is 12.6. The van der Waals surface area contributed by atoms with E-state index in [0.717, 1.165) is 5.56 Å². The largest absolute Gasteiger partial charge is 0.353 e. The molecule has 6 heteroatoms. The Morgan fingerprint density at radius 2 is 1.90 bits per heavy atom. The van der Waals surface area contributed by atoms with Crippen LogP contribution in [0.2, 0.25) is 0 Å². The molecule has 0 saturated carbocycles. The zero-order valence-corrected chi connectivity index (χ0v) is 13.4. The second kappa shape index (κ2) is 6.15. The minimum Gasteiger partial charge on any atom is -0.353 e. The molecule has 5 nitrogen and oxygen atoms in total. The van der Waals surface area contributed by atoms with Crippen LogP contribution in [-0.4, -0.2) is 32.2 Å². The Morgan fingerprint density at radius 1 is 1.24 bits per heavy atom. The summed E-state index contributed by atoms with van der Waals surface area (Å²) in [4.78, 5) is 12.4.